The number of rotatable bonds is 8. The van der Waals surface area contributed by atoms with Gasteiger partial charge in [-0.1, -0.05) is 54.6 Å². The van der Waals surface area contributed by atoms with Crippen LogP contribution in [-0.2, 0) is 22.6 Å². The van der Waals surface area contributed by atoms with Crippen molar-refractivity contribution in [3.63, 3.8) is 0 Å². The maximum Gasteiger partial charge on any atom is 0.240 e. The van der Waals surface area contributed by atoms with Crippen LogP contribution in [0.5, 0.6) is 5.75 Å². The monoisotopic (exact) mass is 404 g/mol. The summed E-state index contributed by atoms with van der Waals surface area (Å²) in [6.07, 6.45) is 0.855. The number of ether oxygens (including phenoxy) is 2. The number of nitrogens with zero attached hydrogens (tertiary/aromatic N) is 1. The normalized spacial score (nSPS) is 18.7. The Labute approximate surface area is 177 Å². The van der Waals surface area contributed by atoms with Gasteiger partial charge in [-0.05, 0) is 47.4 Å². The zero-order valence-corrected chi connectivity index (χ0v) is 17.6. The highest BCUT2D eigenvalue weighted by molar-refractivity contribution is 5.89. The van der Waals surface area contributed by atoms with Gasteiger partial charge < -0.3 is 14.8 Å². The van der Waals surface area contributed by atoms with Crippen LogP contribution in [0.3, 0.4) is 0 Å². The standard InChI is InChI=1S/C25H28N2O3/c1-25(13-14-27(25)17-19-7-5-11-22(15-19)30-18-29-2)24(28)26-16-21-10-6-9-20-8-3-4-12-23(20)21/h3-12,15H,13-14,16-18H2,1-2H3,(H,26,28). The molecule has 1 amide bonds. The number of hydrogen-bond acceptors (Lipinski definition) is 4. The predicted octanol–water partition coefficient (Wildman–Crippen LogP) is 4.10. The van der Waals surface area contributed by atoms with Crippen molar-refractivity contribution in [2.45, 2.75) is 32.0 Å². The average Bonchev–Trinajstić information content (AvgIpc) is 2.78. The minimum atomic E-state index is -0.492. The molecule has 1 atom stereocenters. The zero-order chi connectivity index (χ0) is 21.0. The Morgan fingerprint density at radius 1 is 1.10 bits per heavy atom. The topological polar surface area (TPSA) is 50.8 Å². The number of benzene rings is 3. The summed E-state index contributed by atoms with van der Waals surface area (Å²) in [5.41, 5.74) is 1.77. The second-order valence-electron chi connectivity index (χ2n) is 7.96. The fourth-order valence-electron chi connectivity index (χ4n) is 4.01. The highest BCUT2D eigenvalue weighted by Gasteiger charge is 2.46. The zero-order valence-electron chi connectivity index (χ0n) is 17.6. The van der Waals surface area contributed by atoms with Crippen LogP contribution in [0.25, 0.3) is 10.8 Å². The molecule has 156 valence electrons. The molecule has 0 spiro atoms. The van der Waals surface area contributed by atoms with Gasteiger partial charge in [0.25, 0.3) is 0 Å². The van der Waals surface area contributed by atoms with E-state index in [0.717, 1.165) is 29.8 Å². The van der Waals surface area contributed by atoms with Gasteiger partial charge in [-0.2, -0.15) is 0 Å². The van der Waals surface area contributed by atoms with Gasteiger partial charge in [0, 0.05) is 26.7 Å². The minimum absolute atomic E-state index is 0.0773. The highest BCUT2D eigenvalue weighted by Crippen LogP contribution is 2.33. The van der Waals surface area contributed by atoms with Gasteiger partial charge in [-0.3, -0.25) is 9.69 Å². The molecule has 4 rings (SSSR count). The van der Waals surface area contributed by atoms with Crippen molar-refractivity contribution in [3.05, 3.63) is 77.9 Å². The van der Waals surface area contributed by atoms with E-state index in [0.29, 0.717) is 13.1 Å². The predicted molar refractivity (Wildman–Crippen MR) is 118 cm³/mol. The number of methoxy groups -OCH3 is 1. The summed E-state index contributed by atoms with van der Waals surface area (Å²) in [5.74, 6) is 0.852. The first-order valence-electron chi connectivity index (χ1n) is 10.3. The first-order valence-corrected chi connectivity index (χ1v) is 10.3. The minimum Gasteiger partial charge on any atom is -0.468 e. The Balaban J connectivity index is 1.40. The molecule has 3 aromatic carbocycles. The van der Waals surface area contributed by atoms with Gasteiger partial charge in [0.2, 0.25) is 5.91 Å². The fraction of sp³-hybridized carbons (Fsp3) is 0.320. The average molecular weight is 405 g/mol. The van der Waals surface area contributed by atoms with Crippen LogP contribution >= 0.6 is 0 Å². The lowest BCUT2D eigenvalue weighted by Gasteiger charge is -2.49. The Kier molecular flexibility index (Phi) is 6.02. The molecule has 0 bridgehead atoms. The van der Waals surface area contributed by atoms with E-state index < -0.39 is 5.54 Å². The third-order valence-corrected chi connectivity index (χ3v) is 5.99. The summed E-state index contributed by atoms with van der Waals surface area (Å²) in [6, 6.07) is 22.4. The van der Waals surface area contributed by atoms with Gasteiger partial charge in [-0.25, -0.2) is 0 Å². The number of fused-ring (bicyclic) bond motifs is 1. The summed E-state index contributed by atoms with van der Waals surface area (Å²) in [4.78, 5) is 15.3. The lowest BCUT2D eigenvalue weighted by atomic mass is 9.85. The van der Waals surface area contributed by atoms with E-state index in [1.807, 2.05) is 43.3 Å². The maximum atomic E-state index is 13.1. The smallest absolute Gasteiger partial charge is 0.240 e. The number of carbonyl (C=O) groups excluding carboxylic acids is 1. The Morgan fingerprint density at radius 2 is 1.90 bits per heavy atom. The van der Waals surface area contributed by atoms with Crippen molar-refractivity contribution in [2.24, 2.45) is 0 Å². The molecule has 0 aromatic heterocycles. The van der Waals surface area contributed by atoms with Crippen LogP contribution < -0.4 is 10.1 Å². The number of hydrogen-bond donors (Lipinski definition) is 1. The number of nitrogens with one attached hydrogen (secondary N) is 1. The molecule has 1 fully saturated rings. The summed E-state index contributed by atoms with van der Waals surface area (Å²) in [6.45, 7) is 4.40. The summed E-state index contributed by atoms with van der Waals surface area (Å²) < 4.78 is 10.5. The number of carbonyl (C=O) groups is 1. The summed E-state index contributed by atoms with van der Waals surface area (Å²) in [7, 11) is 1.60. The molecule has 1 N–H and O–H groups in total. The molecule has 1 unspecified atom stereocenters. The molecule has 1 heterocycles. The summed E-state index contributed by atoms with van der Waals surface area (Å²) in [5, 5.41) is 5.54. The lowest BCUT2D eigenvalue weighted by Crippen LogP contribution is -2.65. The highest BCUT2D eigenvalue weighted by atomic mass is 16.7. The van der Waals surface area contributed by atoms with Crippen LogP contribution in [-0.4, -0.2) is 36.8 Å². The van der Waals surface area contributed by atoms with Crippen LogP contribution in [0.1, 0.15) is 24.5 Å². The quantitative estimate of drug-likeness (QED) is 0.574. The van der Waals surface area contributed by atoms with E-state index in [1.165, 1.54) is 10.8 Å². The Bertz CT molecular complexity index is 1030. The van der Waals surface area contributed by atoms with Gasteiger partial charge in [0.15, 0.2) is 6.79 Å². The number of amides is 1. The molecule has 1 aliphatic heterocycles. The fourth-order valence-corrected chi connectivity index (χ4v) is 4.01. The first-order chi connectivity index (χ1) is 14.6. The summed E-state index contributed by atoms with van der Waals surface area (Å²) >= 11 is 0. The van der Waals surface area contributed by atoms with Gasteiger partial charge in [0.05, 0.1) is 5.54 Å². The van der Waals surface area contributed by atoms with E-state index in [4.69, 9.17) is 9.47 Å². The Morgan fingerprint density at radius 3 is 2.70 bits per heavy atom. The van der Waals surface area contributed by atoms with Crippen molar-refractivity contribution in [1.82, 2.24) is 10.2 Å². The molecule has 1 saturated heterocycles. The molecule has 1 aliphatic rings. The molecule has 5 heteroatoms. The molecule has 0 aliphatic carbocycles. The Hall–Kier alpha value is -2.89. The van der Waals surface area contributed by atoms with Crippen molar-refractivity contribution < 1.29 is 14.3 Å². The maximum absolute atomic E-state index is 13.1. The van der Waals surface area contributed by atoms with E-state index in [9.17, 15) is 4.79 Å². The second-order valence-corrected chi connectivity index (χ2v) is 7.96. The molecule has 0 saturated carbocycles. The van der Waals surface area contributed by atoms with Crippen LogP contribution in [0.4, 0.5) is 0 Å². The van der Waals surface area contributed by atoms with Crippen molar-refractivity contribution in [1.29, 1.82) is 0 Å². The third-order valence-electron chi connectivity index (χ3n) is 5.99. The molecular formula is C25H28N2O3. The van der Waals surface area contributed by atoms with Crippen molar-refractivity contribution in [2.75, 3.05) is 20.4 Å². The van der Waals surface area contributed by atoms with Gasteiger partial charge in [0.1, 0.15) is 5.75 Å². The van der Waals surface area contributed by atoms with E-state index in [-0.39, 0.29) is 12.7 Å². The molecule has 30 heavy (non-hydrogen) atoms. The van der Waals surface area contributed by atoms with E-state index >= 15 is 0 Å². The van der Waals surface area contributed by atoms with Crippen LogP contribution in [0.2, 0.25) is 0 Å². The lowest BCUT2D eigenvalue weighted by molar-refractivity contribution is -0.142. The van der Waals surface area contributed by atoms with Crippen molar-refractivity contribution in [3.8, 4) is 5.75 Å². The molecule has 0 radical (unpaired) electrons. The molecule has 3 aromatic rings. The van der Waals surface area contributed by atoms with Crippen LogP contribution in [0, 0.1) is 0 Å². The van der Waals surface area contributed by atoms with E-state index in [2.05, 4.69) is 40.5 Å². The molecule has 5 nitrogen and oxygen atoms in total. The van der Waals surface area contributed by atoms with Gasteiger partial charge in [-0.15, -0.1) is 0 Å². The second kappa shape index (κ2) is 8.86. The largest absolute Gasteiger partial charge is 0.468 e. The van der Waals surface area contributed by atoms with Gasteiger partial charge >= 0.3 is 0 Å². The van der Waals surface area contributed by atoms with Crippen LogP contribution in [0.15, 0.2) is 66.7 Å². The SMILES string of the molecule is COCOc1cccc(CN2CCC2(C)C(=O)NCc2cccc3ccccc23)c1. The third kappa shape index (κ3) is 4.18. The molecular weight excluding hydrogens is 376 g/mol. The first kappa shape index (κ1) is 20.4. The van der Waals surface area contributed by atoms with E-state index in [1.54, 1.807) is 7.11 Å². The van der Waals surface area contributed by atoms with Crippen molar-refractivity contribution >= 4 is 16.7 Å². The number of likely N-dealkylation sites (tertiary alicyclic amines) is 1.